The van der Waals surface area contributed by atoms with Crippen LogP contribution in [0.3, 0.4) is 0 Å². The Hall–Kier alpha value is -0.920. The number of hydrogen-bond donors (Lipinski definition) is 0. The Labute approximate surface area is 55.4 Å². The summed E-state index contributed by atoms with van der Waals surface area (Å²) >= 11 is 0. The molecule has 0 aromatic heterocycles. The standard InChI is InChI=1S/C8H8O/c1-4-5-6-8(3)7(2)9-8/h1,7H,2-3H3. The van der Waals surface area contributed by atoms with Crippen LogP contribution in [0.25, 0.3) is 0 Å². The van der Waals surface area contributed by atoms with Crippen molar-refractivity contribution in [2.24, 2.45) is 0 Å². The highest BCUT2D eigenvalue weighted by Gasteiger charge is 2.47. The molecule has 2 unspecified atom stereocenters. The van der Waals surface area contributed by atoms with E-state index in [-0.39, 0.29) is 11.7 Å². The summed E-state index contributed by atoms with van der Waals surface area (Å²) < 4.78 is 5.14. The van der Waals surface area contributed by atoms with Crippen LogP contribution in [0, 0.1) is 24.2 Å². The fourth-order valence-corrected chi connectivity index (χ4v) is 0.624. The van der Waals surface area contributed by atoms with Crippen molar-refractivity contribution < 1.29 is 4.74 Å². The molecule has 1 saturated heterocycles. The number of epoxide rings is 1. The minimum atomic E-state index is -0.244. The zero-order valence-corrected chi connectivity index (χ0v) is 5.56. The largest absolute Gasteiger partial charge is 0.353 e. The lowest BCUT2D eigenvalue weighted by Gasteiger charge is -1.86. The Bertz CT molecular complexity index is 213. The average molecular weight is 120 g/mol. The van der Waals surface area contributed by atoms with E-state index in [0.717, 1.165) is 0 Å². The van der Waals surface area contributed by atoms with Gasteiger partial charge >= 0.3 is 0 Å². The minimum absolute atomic E-state index is 0.244. The molecule has 1 nitrogen and oxygen atoms in total. The summed E-state index contributed by atoms with van der Waals surface area (Å²) in [5.41, 5.74) is -0.244. The van der Waals surface area contributed by atoms with Gasteiger partial charge in [-0.15, -0.1) is 6.42 Å². The van der Waals surface area contributed by atoms with E-state index in [4.69, 9.17) is 11.2 Å². The topological polar surface area (TPSA) is 12.5 Å². The van der Waals surface area contributed by atoms with E-state index in [0.29, 0.717) is 0 Å². The molecule has 0 bridgehead atoms. The maximum absolute atomic E-state index is 5.14. The van der Waals surface area contributed by atoms with Crippen LogP contribution >= 0.6 is 0 Å². The molecule has 0 spiro atoms. The van der Waals surface area contributed by atoms with Crippen molar-refractivity contribution in [1.82, 2.24) is 0 Å². The van der Waals surface area contributed by atoms with Gasteiger partial charge in [0.15, 0.2) is 5.60 Å². The summed E-state index contributed by atoms with van der Waals surface area (Å²) in [6.45, 7) is 3.91. The molecule has 0 amide bonds. The molecule has 0 aliphatic carbocycles. The average Bonchev–Trinajstić information content (AvgIpc) is 2.38. The molecule has 1 rings (SSSR count). The molecule has 0 N–H and O–H groups in total. The first-order valence-corrected chi connectivity index (χ1v) is 2.84. The van der Waals surface area contributed by atoms with Crippen molar-refractivity contribution in [2.45, 2.75) is 25.6 Å². The van der Waals surface area contributed by atoms with Gasteiger partial charge in [0.05, 0.1) is 6.10 Å². The fourth-order valence-electron chi connectivity index (χ4n) is 0.624. The van der Waals surface area contributed by atoms with Gasteiger partial charge in [0.2, 0.25) is 0 Å². The van der Waals surface area contributed by atoms with E-state index >= 15 is 0 Å². The van der Waals surface area contributed by atoms with Crippen LogP contribution in [-0.4, -0.2) is 11.7 Å². The number of terminal acetylenes is 1. The van der Waals surface area contributed by atoms with E-state index in [9.17, 15) is 0 Å². The molecule has 46 valence electrons. The SMILES string of the molecule is C#CC#CC1(C)OC1C. The van der Waals surface area contributed by atoms with Crippen LogP contribution in [0.5, 0.6) is 0 Å². The molecule has 1 heterocycles. The number of ether oxygens (including phenoxy) is 1. The first kappa shape index (κ1) is 6.20. The summed E-state index contributed by atoms with van der Waals surface area (Å²) in [5.74, 6) is 7.60. The lowest BCUT2D eigenvalue weighted by atomic mass is 10.1. The van der Waals surface area contributed by atoms with E-state index in [1.807, 2.05) is 13.8 Å². The molecule has 2 atom stereocenters. The third-order valence-electron chi connectivity index (χ3n) is 1.52. The van der Waals surface area contributed by atoms with Gasteiger partial charge in [-0.2, -0.15) is 0 Å². The highest BCUT2D eigenvalue weighted by Crippen LogP contribution is 2.34. The summed E-state index contributed by atoms with van der Waals surface area (Å²) in [6, 6.07) is 0. The number of rotatable bonds is 0. The van der Waals surface area contributed by atoms with Crippen LogP contribution in [0.1, 0.15) is 13.8 Å². The van der Waals surface area contributed by atoms with E-state index in [1.165, 1.54) is 0 Å². The Morgan fingerprint density at radius 1 is 1.67 bits per heavy atom. The van der Waals surface area contributed by atoms with Crippen molar-refractivity contribution in [2.75, 3.05) is 0 Å². The second-order valence-electron chi connectivity index (χ2n) is 2.26. The second kappa shape index (κ2) is 1.79. The molecule has 1 fully saturated rings. The quantitative estimate of drug-likeness (QED) is 0.340. The highest BCUT2D eigenvalue weighted by atomic mass is 16.6. The lowest BCUT2D eigenvalue weighted by Crippen LogP contribution is -2.02. The van der Waals surface area contributed by atoms with Crippen molar-refractivity contribution in [3.05, 3.63) is 0 Å². The van der Waals surface area contributed by atoms with Crippen LogP contribution in [0.4, 0.5) is 0 Å². The van der Waals surface area contributed by atoms with Crippen LogP contribution in [0.2, 0.25) is 0 Å². The second-order valence-corrected chi connectivity index (χ2v) is 2.26. The van der Waals surface area contributed by atoms with Gasteiger partial charge in [-0.1, -0.05) is 5.92 Å². The maximum Gasteiger partial charge on any atom is 0.153 e. The maximum atomic E-state index is 5.14. The zero-order chi connectivity index (χ0) is 6.91. The lowest BCUT2D eigenvalue weighted by molar-refractivity contribution is 0.355. The third-order valence-corrected chi connectivity index (χ3v) is 1.52. The summed E-state index contributed by atoms with van der Waals surface area (Å²) in [6.07, 6.45) is 5.18. The van der Waals surface area contributed by atoms with Gasteiger partial charge < -0.3 is 4.74 Å². The monoisotopic (exact) mass is 120 g/mol. The predicted molar refractivity (Wildman–Crippen MR) is 35.6 cm³/mol. The van der Waals surface area contributed by atoms with Gasteiger partial charge in [0, 0.05) is 0 Å². The highest BCUT2D eigenvalue weighted by molar-refractivity contribution is 5.31. The van der Waals surface area contributed by atoms with Gasteiger partial charge in [-0.05, 0) is 25.7 Å². The van der Waals surface area contributed by atoms with Crippen LogP contribution in [-0.2, 0) is 4.74 Å². The molecule has 0 saturated carbocycles. The molecule has 1 aliphatic heterocycles. The van der Waals surface area contributed by atoms with Crippen LogP contribution < -0.4 is 0 Å². The summed E-state index contributed by atoms with van der Waals surface area (Å²) in [7, 11) is 0. The smallest absolute Gasteiger partial charge is 0.153 e. The van der Waals surface area contributed by atoms with E-state index in [1.54, 1.807) is 0 Å². The molecular weight excluding hydrogens is 112 g/mol. The van der Waals surface area contributed by atoms with E-state index < -0.39 is 0 Å². The third kappa shape index (κ3) is 1.07. The van der Waals surface area contributed by atoms with Crippen molar-refractivity contribution in [1.29, 1.82) is 0 Å². The van der Waals surface area contributed by atoms with Crippen molar-refractivity contribution in [3.63, 3.8) is 0 Å². The Morgan fingerprint density at radius 2 is 2.22 bits per heavy atom. The molecule has 0 aromatic carbocycles. The van der Waals surface area contributed by atoms with E-state index in [2.05, 4.69) is 17.8 Å². The Balaban J connectivity index is 2.58. The fraction of sp³-hybridized carbons (Fsp3) is 0.500. The summed E-state index contributed by atoms with van der Waals surface area (Å²) in [5, 5.41) is 0. The first-order chi connectivity index (χ1) is 4.19. The molecule has 0 radical (unpaired) electrons. The number of hydrogen-bond acceptors (Lipinski definition) is 1. The molecule has 1 aliphatic rings. The Kier molecular flexibility index (Phi) is 1.24. The van der Waals surface area contributed by atoms with Crippen molar-refractivity contribution >= 4 is 0 Å². The van der Waals surface area contributed by atoms with Gasteiger partial charge in [0.1, 0.15) is 0 Å². The molecular formula is C8H8O. The Morgan fingerprint density at radius 3 is 2.56 bits per heavy atom. The minimum Gasteiger partial charge on any atom is -0.353 e. The zero-order valence-electron chi connectivity index (χ0n) is 5.56. The summed E-state index contributed by atoms with van der Waals surface area (Å²) in [4.78, 5) is 0. The molecule has 0 aromatic rings. The normalized spacial score (nSPS) is 38.1. The molecule has 9 heavy (non-hydrogen) atoms. The van der Waals surface area contributed by atoms with Gasteiger partial charge in [-0.3, -0.25) is 0 Å². The first-order valence-electron chi connectivity index (χ1n) is 2.84. The molecule has 1 heteroatoms. The van der Waals surface area contributed by atoms with Crippen molar-refractivity contribution in [3.8, 4) is 24.2 Å². The predicted octanol–water partition coefficient (Wildman–Crippen LogP) is 0.800. The van der Waals surface area contributed by atoms with Gasteiger partial charge in [-0.25, -0.2) is 0 Å². The van der Waals surface area contributed by atoms with Crippen LogP contribution in [0.15, 0.2) is 0 Å². The van der Waals surface area contributed by atoms with Gasteiger partial charge in [0.25, 0.3) is 0 Å².